The van der Waals surface area contributed by atoms with E-state index in [1.165, 1.54) is 12.1 Å². The molecule has 0 atom stereocenters. The molecule has 2 heterocycles. The van der Waals surface area contributed by atoms with E-state index in [9.17, 15) is 19.2 Å². The molecule has 0 aromatic heterocycles. The van der Waals surface area contributed by atoms with E-state index in [4.69, 9.17) is 23.2 Å². The molecule has 0 unspecified atom stereocenters. The van der Waals surface area contributed by atoms with Gasteiger partial charge in [0.2, 0.25) is 0 Å². The summed E-state index contributed by atoms with van der Waals surface area (Å²) in [4.78, 5) is 59.8. The number of anilines is 2. The SMILES string of the molecule is CC(C)(C)Sc1ccc(N2C(=O)c3cc(Cl)c4c5c(cc(Cl)c(c35)C2=O)C(=O)N(c2ccc(SC(C)(C)C)cc2)C4=O)cc1. The van der Waals surface area contributed by atoms with Crippen molar-refractivity contribution in [2.75, 3.05) is 9.80 Å². The van der Waals surface area contributed by atoms with Crippen LogP contribution in [0.5, 0.6) is 0 Å². The van der Waals surface area contributed by atoms with Gasteiger partial charge in [0, 0.05) is 30.1 Å². The van der Waals surface area contributed by atoms with Crippen LogP contribution in [0.15, 0.2) is 70.5 Å². The highest BCUT2D eigenvalue weighted by atomic mass is 35.5. The molecule has 0 fully saturated rings. The van der Waals surface area contributed by atoms with Crippen LogP contribution in [0.1, 0.15) is 83.0 Å². The lowest BCUT2D eigenvalue weighted by Gasteiger charge is -2.33. The summed E-state index contributed by atoms with van der Waals surface area (Å²) in [6.07, 6.45) is 0. The van der Waals surface area contributed by atoms with E-state index < -0.39 is 23.6 Å². The molecule has 2 aliphatic rings. The summed E-state index contributed by atoms with van der Waals surface area (Å²) in [7, 11) is 0. The van der Waals surface area contributed by atoms with E-state index >= 15 is 0 Å². The Morgan fingerprint density at radius 2 is 0.841 bits per heavy atom. The maximum absolute atomic E-state index is 13.9. The van der Waals surface area contributed by atoms with Gasteiger partial charge in [-0.15, -0.1) is 23.5 Å². The Labute approximate surface area is 274 Å². The molecule has 10 heteroatoms. The molecule has 224 valence electrons. The normalized spacial score (nSPS) is 15.1. The number of nitrogens with zero attached hydrogens (tertiary/aromatic N) is 2. The second kappa shape index (κ2) is 10.7. The lowest BCUT2D eigenvalue weighted by atomic mass is 9.85. The van der Waals surface area contributed by atoms with Crippen molar-refractivity contribution in [3.05, 3.63) is 93.0 Å². The van der Waals surface area contributed by atoms with Crippen molar-refractivity contribution < 1.29 is 19.2 Å². The highest BCUT2D eigenvalue weighted by molar-refractivity contribution is 8.00. The summed E-state index contributed by atoms with van der Waals surface area (Å²) in [5.41, 5.74) is 1.02. The number of imide groups is 2. The summed E-state index contributed by atoms with van der Waals surface area (Å²) in [5, 5.41) is 0.334. The topological polar surface area (TPSA) is 74.8 Å². The number of rotatable bonds is 4. The lowest BCUT2D eigenvalue weighted by molar-refractivity contribution is 0.0873. The van der Waals surface area contributed by atoms with Gasteiger partial charge >= 0.3 is 0 Å². The number of halogens is 2. The van der Waals surface area contributed by atoms with Crippen molar-refractivity contribution in [1.29, 1.82) is 0 Å². The van der Waals surface area contributed by atoms with Gasteiger partial charge in [-0.25, -0.2) is 9.80 Å². The summed E-state index contributed by atoms with van der Waals surface area (Å²) in [5.74, 6) is -2.51. The molecular weight excluding hydrogens is 635 g/mol. The van der Waals surface area contributed by atoms with Crippen LogP contribution in [0.3, 0.4) is 0 Å². The smallest absolute Gasteiger partial charge is 0.267 e. The van der Waals surface area contributed by atoms with Gasteiger partial charge in [-0.2, -0.15) is 0 Å². The van der Waals surface area contributed by atoms with Crippen molar-refractivity contribution in [2.45, 2.75) is 60.8 Å². The zero-order valence-electron chi connectivity index (χ0n) is 24.9. The number of hydrogen-bond acceptors (Lipinski definition) is 6. The van der Waals surface area contributed by atoms with Gasteiger partial charge in [-0.05, 0) is 60.7 Å². The third-order valence-electron chi connectivity index (χ3n) is 7.05. The zero-order chi connectivity index (χ0) is 31.9. The zero-order valence-corrected chi connectivity index (χ0v) is 28.0. The van der Waals surface area contributed by atoms with Crippen LogP contribution >= 0.6 is 46.7 Å². The van der Waals surface area contributed by atoms with E-state index in [1.807, 2.05) is 24.3 Å². The molecular formula is C34H28Cl2N2O4S2. The van der Waals surface area contributed by atoms with Gasteiger partial charge in [-0.1, -0.05) is 64.7 Å². The fraction of sp³-hybridized carbons (Fsp3) is 0.235. The maximum atomic E-state index is 13.9. The van der Waals surface area contributed by atoms with Gasteiger partial charge in [-0.3, -0.25) is 19.2 Å². The molecule has 4 aromatic carbocycles. The average molecular weight is 664 g/mol. The van der Waals surface area contributed by atoms with Crippen LogP contribution in [0.2, 0.25) is 10.0 Å². The predicted molar refractivity (Wildman–Crippen MR) is 180 cm³/mol. The second-order valence-corrected chi connectivity index (χ2v) is 17.2. The van der Waals surface area contributed by atoms with Crippen LogP contribution < -0.4 is 9.80 Å². The van der Waals surface area contributed by atoms with E-state index in [2.05, 4.69) is 41.5 Å². The number of carbonyl (C=O) groups is 4. The van der Waals surface area contributed by atoms with E-state index in [0.717, 1.165) is 19.6 Å². The Morgan fingerprint density at radius 1 is 0.523 bits per heavy atom. The van der Waals surface area contributed by atoms with Crippen LogP contribution in [-0.4, -0.2) is 33.1 Å². The summed E-state index contributed by atoms with van der Waals surface area (Å²) < 4.78 is -0.0342. The Kier molecular flexibility index (Phi) is 7.44. The molecule has 6 nitrogen and oxygen atoms in total. The van der Waals surface area contributed by atoms with Gasteiger partial charge in [0.15, 0.2) is 0 Å². The minimum atomic E-state index is -0.641. The number of carbonyl (C=O) groups excluding carboxylic acids is 4. The van der Waals surface area contributed by atoms with Crippen LogP contribution in [0.25, 0.3) is 10.8 Å². The van der Waals surface area contributed by atoms with Gasteiger partial charge in [0.05, 0.1) is 43.7 Å². The lowest BCUT2D eigenvalue weighted by Crippen LogP contribution is -2.44. The van der Waals surface area contributed by atoms with Crippen molar-refractivity contribution >= 4 is 92.5 Å². The molecule has 4 aromatic rings. The predicted octanol–water partition coefficient (Wildman–Crippen LogP) is 9.53. The molecule has 2 aliphatic heterocycles. The number of thioether (sulfide) groups is 2. The van der Waals surface area contributed by atoms with E-state index in [0.29, 0.717) is 11.4 Å². The first-order valence-electron chi connectivity index (χ1n) is 13.9. The van der Waals surface area contributed by atoms with Crippen LogP contribution in [0.4, 0.5) is 11.4 Å². The van der Waals surface area contributed by atoms with E-state index in [-0.39, 0.29) is 52.6 Å². The van der Waals surface area contributed by atoms with Crippen molar-refractivity contribution in [2.24, 2.45) is 0 Å². The van der Waals surface area contributed by atoms with Crippen molar-refractivity contribution in [1.82, 2.24) is 0 Å². The average Bonchev–Trinajstić information content (AvgIpc) is 2.91. The van der Waals surface area contributed by atoms with Crippen LogP contribution in [0, 0.1) is 0 Å². The standard InChI is InChI=1S/C34H28Cl2N2O4S2/c1-33(2,3)43-19-11-7-17(8-12-19)37-29(39)21-15-24(36)28-26-22(16-23(35)27(25(21)26)31(37)41)30(40)38(32(28)42)18-9-13-20(14-10-18)44-34(4,5)6/h7-16H,1-6H3. The minimum Gasteiger partial charge on any atom is -0.268 e. The first kappa shape index (κ1) is 30.7. The molecule has 0 spiro atoms. The molecule has 4 amide bonds. The Balaban J connectivity index is 1.45. The molecule has 44 heavy (non-hydrogen) atoms. The quantitative estimate of drug-likeness (QED) is 0.160. The number of amides is 4. The largest absolute Gasteiger partial charge is 0.268 e. The van der Waals surface area contributed by atoms with E-state index in [1.54, 1.807) is 47.8 Å². The fourth-order valence-electron chi connectivity index (χ4n) is 5.48. The summed E-state index contributed by atoms with van der Waals surface area (Å²) in [6, 6.07) is 17.1. The van der Waals surface area contributed by atoms with Gasteiger partial charge < -0.3 is 0 Å². The molecule has 0 bridgehead atoms. The molecule has 0 N–H and O–H groups in total. The van der Waals surface area contributed by atoms with Crippen molar-refractivity contribution in [3.8, 4) is 0 Å². The highest BCUT2D eigenvalue weighted by Crippen LogP contribution is 2.46. The Bertz CT molecular complexity index is 1780. The summed E-state index contributed by atoms with van der Waals surface area (Å²) >= 11 is 16.8. The van der Waals surface area contributed by atoms with Crippen molar-refractivity contribution in [3.63, 3.8) is 0 Å². The first-order valence-corrected chi connectivity index (χ1v) is 16.3. The molecule has 0 aliphatic carbocycles. The molecule has 0 saturated heterocycles. The monoisotopic (exact) mass is 662 g/mol. The first-order chi connectivity index (χ1) is 20.6. The molecule has 0 saturated carbocycles. The third kappa shape index (κ3) is 5.21. The third-order valence-corrected chi connectivity index (χ3v) is 9.88. The van der Waals surface area contributed by atoms with Crippen LogP contribution in [-0.2, 0) is 0 Å². The molecule has 6 rings (SSSR count). The van der Waals surface area contributed by atoms with Gasteiger partial charge in [0.1, 0.15) is 0 Å². The molecule has 0 radical (unpaired) electrons. The fourth-order valence-corrected chi connectivity index (χ4v) is 8.00. The summed E-state index contributed by atoms with van der Waals surface area (Å²) in [6.45, 7) is 12.6. The Hall–Kier alpha value is -3.30. The minimum absolute atomic E-state index is 0.00371. The second-order valence-electron chi connectivity index (χ2n) is 12.6. The maximum Gasteiger partial charge on any atom is 0.267 e. The Morgan fingerprint density at radius 3 is 1.14 bits per heavy atom. The number of hydrogen-bond donors (Lipinski definition) is 0. The number of benzene rings is 4. The highest BCUT2D eigenvalue weighted by Gasteiger charge is 2.43. The van der Waals surface area contributed by atoms with Gasteiger partial charge in [0.25, 0.3) is 23.6 Å².